The van der Waals surface area contributed by atoms with Crippen molar-refractivity contribution >= 4 is 23.2 Å². The number of likely N-dealkylation sites (N-methyl/N-ethyl adjacent to an activating group) is 1. The summed E-state index contributed by atoms with van der Waals surface area (Å²) in [6.45, 7) is 1.24. The van der Waals surface area contributed by atoms with Gasteiger partial charge in [0, 0.05) is 13.1 Å². The summed E-state index contributed by atoms with van der Waals surface area (Å²) in [6, 6.07) is 18.8. The van der Waals surface area contributed by atoms with Gasteiger partial charge in [0.05, 0.1) is 41.4 Å². The maximum Gasteiger partial charge on any atom is 0.255 e. The Bertz CT molecular complexity index is 2050. The highest BCUT2D eigenvalue weighted by atomic mass is 16.5. The van der Waals surface area contributed by atoms with Crippen molar-refractivity contribution in [3.63, 3.8) is 0 Å². The molecule has 6 rings (SSSR count). The number of carbonyl (C=O) groups is 3. The number of hydrogen-bond donors (Lipinski definition) is 7. The molecule has 1 amide bonds. The van der Waals surface area contributed by atoms with Gasteiger partial charge in [-0.3, -0.25) is 19.3 Å². The molecule has 0 radical (unpaired) electrons. The molecule has 0 aromatic heterocycles. The van der Waals surface area contributed by atoms with Gasteiger partial charge >= 0.3 is 0 Å². The molecule has 0 saturated heterocycles. The highest BCUT2D eigenvalue weighted by molar-refractivity contribution is 6.25. The molecule has 0 spiro atoms. The number of aromatic hydroxyl groups is 1. The van der Waals surface area contributed by atoms with Crippen molar-refractivity contribution in [3.05, 3.63) is 99.8 Å². The first-order chi connectivity index (χ1) is 23.6. The molecule has 3 aromatic rings. The van der Waals surface area contributed by atoms with Crippen LogP contribution in [0.4, 0.5) is 0 Å². The molecule has 0 heterocycles. The van der Waals surface area contributed by atoms with Crippen LogP contribution < -0.4 is 27.3 Å². The number of nitrogens with zero attached hydrogens (tertiary/aromatic N) is 2. The Labute approximate surface area is 288 Å². The van der Waals surface area contributed by atoms with Crippen molar-refractivity contribution in [2.75, 3.05) is 21.2 Å². The number of hydrogen-bond acceptors (Lipinski definition) is 12. The van der Waals surface area contributed by atoms with Crippen LogP contribution in [0.25, 0.3) is 16.9 Å². The van der Waals surface area contributed by atoms with Gasteiger partial charge in [0.2, 0.25) is 0 Å². The van der Waals surface area contributed by atoms with Gasteiger partial charge in [-0.2, -0.15) is 5.26 Å². The fraction of sp³-hybridized carbons (Fsp3) is 0.297. The topological polar surface area (TPSA) is 238 Å². The molecule has 0 bridgehead atoms. The number of carbonyl (C=O) groups excluding carboxylic acids is 3. The van der Waals surface area contributed by atoms with E-state index >= 15 is 0 Å². The second-order valence-electron chi connectivity index (χ2n) is 13.4. The zero-order chi connectivity index (χ0) is 36.3. The van der Waals surface area contributed by atoms with Crippen LogP contribution in [0.5, 0.6) is 11.5 Å². The highest BCUT2D eigenvalue weighted by Crippen LogP contribution is 2.58. The third kappa shape index (κ3) is 4.87. The number of nitrogens with one attached hydrogen (secondary N) is 1. The average Bonchev–Trinajstić information content (AvgIpc) is 3.04. The lowest BCUT2D eigenvalue weighted by Gasteiger charge is -2.58. The van der Waals surface area contributed by atoms with E-state index in [2.05, 4.69) is 5.32 Å². The van der Waals surface area contributed by atoms with Gasteiger partial charge in [-0.15, -0.1) is 0 Å². The number of phenols is 1. The number of nitrogens with two attached hydrogens (primary N) is 3. The molecule has 0 aliphatic heterocycles. The molecule has 3 aliphatic rings. The zero-order valence-corrected chi connectivity index (χ0v) is 27.8. The molecule has 258 valence electrons. The zero-order valence-electron chi connectivity index (χ0n) is 27.8. The van der Waals surface area contributed by atoms with Crippen molar-refractivity contribution in [1.82, 2.24) is 10.2 Å². The summed E-state index contributed by atoms with van der Waals surface area (Å²) in [4.78, 5) is 42.0. The Morgan fingerprint density at radius 1 is 1.00 bits per heavy atom. The standard InChI is InChI=1S/C37H38N6O7/c1-43(2)31-30(46)27(34(39)49)32(47)36(18-38)33(48)28-29(45)26-24(14-35(28,40)17-37(31,36)41)23(12-13-25(26)44)21-8-4-19(5-9-21)15-42-16-20-6-10-22(50-3)11-7-20/h4-13,31,42,44-45,47H,14-17,40-41H2,1-3H3,(H2,39,49)/t31-,35-,36+,37-/m1/s1. The molecule has 13 nitrogen and oxygen atoms in total. The number of aliphatic hydroxyl groups is 2. The second-order valence-corrected chi connectivity index (χ2v) is 13.4. The molecule has 3 aromatic carbocycles. The van der Waals surface area contributed by atoms with Crippen molar-refractivity contribution in [3.8, 4) is 28.7 Å². The van der Waals surface area contributed by atoms with E-state index in [4.69, 9.17) is 21.9 Å². The maximum atomic E-state index is 14.6. The summed E-state index contributed by atoms with van der Waals surface area (Å²) in [5.41, 5.74) is 15.2. The number of methoxy groups -OCH3 is 1. The second kappa shape index (κ2) is 12.1. The molecule has 50 heavy (non-hydrogen) atoms. The van der Waals surface area contributed by atoms with Crippen LogP contribution in [0.1, 0.15) is 28.7 Å². The Kier molecular flexibility index (Phi) is 8.32. The van der Waals surface area contributed by atoms with Crippen molar-refractivity contribution in [1.29, 1.82) is 5.26 Å². The normalized spacial score (nSPS) is 25.9. The van der Waals surface area contributed by atoms with E-state index in [0.29, 0.717) is 24.2 Å². The monoisotopic (exact) mass is 678 g/mol. The van der Waals surface area contributed by atoms with Gasteiger partial charge in [-0.25, -0.2) is 0 Å². The smallest absolute Gasteiger partial charge is 0.255 e. The number of phenolic OH excluding ortho intramolecular Hbond substituents is 1. The minimum Gasteiger partial charge on any atom is -0.509 e. The number of primary amides is 1. The third-order valence-electron chi connectivity index (χ3n) is 10.2. The molecule has 1 saturated carbocycles. The van der Waals surface area contributed by atoms with Gasteiger partial charge < -0.3 is 42.6 Å². The van der Waals surface area contributed by atoms with E-state index in [-0.39, 0.29) is 17.7 Å². The molecule has 4 atom stereocenters. The van der Waals surface area contributed by atoms with Crippen LogP contribution in [0, 0.1) is 16.7 Å². The number of ketones is 2. The van der Waals surface area contributed by atoms with Gasteiger partial charge in [0.1, 0.15) is 28.6 Å². The van der Waals surface area contributed by atoms with Crippen LogP contribution in [-0.4, -0.2) is 76.0 Å². The highest BCUT2D eigenvalue weighted by Gasteiger charge is 2.74. The molecule has 1 fully saturated rings. The largest absolute Gasteiger partial charge is 0.509 e. The fourth-order valence-corrected chi connectivity index (χ4v) is 8.00. The SMILES string of the molecule is COc1ccc(CNCc2ccc(-c3ccc(O)c4c3C[C@@]3(N)C[C@@]5(N)[C@H](N(C)C)C(=O)C(C(N)=O)=C(O)[C@@]5(C#N)C(=O)C3=C4O)cc2)cc1. The van der Waals surface area contributed by atoms with Crippen molar-refractivity contribution in [2.45, 2.75) is 43.1 Å². The number of amides is 1. The van der Waals surface area contributed by atoms with E-state index in [9.17, 15) is 35.0 Å². The molecule has 3 aliphatic carbocycles. The number of aliphatic hydroxyl groups excluding tert-OH is 2. The number of benzene rings is 3. The van der Waals surface area contributed by atoms with Crippen molar-refractivity contribution in [2.24, 2.45) is 22.6 Å². The number of Topliss-reactive ketones (excluding diaryl/α,β-unsaturated/α-hetero) is 2. The van der Waals surface area contributed by atoms with Crippen LogP contribution >= 0.6 is 0 Å². The Morgan fingerprint density at radius 3 is 2.14 bits per heavy atom. The molecular weight excluding hydrogens is 640 g/mol. The fourth-order valence-electron chi connectivity index (χ4n) is 8.00. The number of nitriles is 1. The Hall–Kier alpha value is -5.52. The summed E-state index contributed by atoms with van der Waals surface area (Å²) in [5.74, 6) is -4.94. The first-order valence-corrected chi connectivity index (χ1v) is 15.8. The van der Waals surface area contributed by atoms with Crippen LogP contribution in [0.2, 0.25) is 0 Å². The predicted molar refractivity (Wildman–Crippen MR) is 183 cm³/mol. The van der Waals surface area contributed by atoms with Gasteiger partial charge in [-0.1, -0.05) is 42.5 Å². The van der Waals surface area contributed by atoms with Gasteiger partial charge in [0.25, 0.3) is 5.91 Å². The van der Waals surface area contributed by atoms with E-state index in [1.54, 1.807) is 19.2 Å². The molecule has 13 heteroatoms. The predicted octanol–water partition coefficient (Wildman–Crippen LogP) is 1.87. The maximum absolute atomic E-state index is 14.6. The minimum atomic E-state index is -2.71. The van der Waals surface area contributed by atoms with Gasteiger partial charge in [-0.05, 0) is 73.0 Å². The minimum absolute atomic E-state index is 0.0654. The van der Waals surface area contributed by atoms with E-state index in [0.717, 1.165) is 22.4 Å². The summed E-state index contributed by atoms with van der Waals surface area (Å²) in [7, 11) is 4.57. The molecular formula is C37H38N6O7. The first-order valence-electron chi connectivity index (χ1n) is 15.8. The lowest BCUT2D eigenvalue weighted by molar-refractivity contribution is -0.139. The van der Waals surface area contributed by atoms with Crippen LogP contribution in [0.3, 0.4) is 0 Å². The van der Waals surface area contributed by atoms with Crippen LogP contribution in [-0.2, 0) is 33.9 Å². The molecule has 10 N–H and O–H groups in total. The molecule has 0 unspecified atom stereocenters. The lowest BCUT2D eigenvalue weighted by Crippen LogP contribution is -2.80. The number of fused-ring (bicyclic) bond motifs is 3. The lowest BCUT2D eigenvalue weighted by atomic mass is 9.47. The summed E-state index contributed by atoms with van der Waals surface area (Å²) in [5, 5.41) is 48.2. The van der Waals surface area contributed by atoms with E-state index < -0.39 is 69.1 Å². The van der Waals surface area contributed by atoms with Crippen LogP contribution in [0.15, 0.2) is 77.6 Å². The number of ether oxygens (including phenoxy) is 1. The summed E-state index contributed by atoms with van der Waals surface area (Å²) in [6.07, 6.45) is -0.582. The average molecular weight is 679 g/mol. The Balaban J connectivity index is 1.41. The third-order valence-corrected chi connectivity index (χ3v) is 10.2. The van der Waals surface area contributed by atoms with Gasteiger partial charge in [0.15, 0.2) is 17.0 Å². The Morgan fingerprint density at radius 2 is 1.60 bits per heavy atom. The van der Waals surface area contributed by atoms with E-state index in [1.165, 1.54) is 25.1 Å². The summed E-state index contributed by atoms with van der Waals surface area (Å²) >= 11 is 0. The number of rotatable bonds is 8. The van der Waals surface area contributed by atoms with Crippen molar-refractivity contribution < 1.29 is 34.4 Å². The van der Waals surface area contributed by atoms with E-state index in [1.807, 2.05) is 48.5 Å². The first kappa shape index (κ1) is 34.3. The summed E-state index contributed by atoms with van der Waals surface area (Å²) < 4.78 is 5.21. The quantitative estimate of drug-likeness (QED) is 0.169.